The Morgan fingerprint density at radius 1 is 1.18 bits per heavy atom. The fraction of sp³-hybridized carbons (Fsp3) is 0.583. The monoisotopic (exact) mass is 488 g/mol. The molecule has 2 atom stereocenters. The van der Waals surface area contributed by atoms with Crippen molar-refractivity contribution in [2.75, 3.05) is 50.2 Å². The lowest BCUT2D eigenvalue weighted by molar-refractivity contribution is 0.155. The van der Waals surface area contributed by atoms with E-state index in [0.29, 0.717) is 11.8 Å². The van der Waals surface area contributed by atoms with E-state index in [2.05, 4.69) is 48.5 Å². The normalized spacial score (nSPS) is 23.8. The summed E-state index contributed by atoms with van der Waals surface area (Å²) >= 11 is 0. The molecule has 34 heavy (non-hydrogen) atoms. The maximum atomic E-state index is 11.8. The van der Waals surface area contributed by atoms with E-state index in [1.807, 2.05) is 6.07 Å². The van der Waals surface area contributed by atoms with Crippen LogP contribution in [0.1, 0.15) is 38.5 Å². The minimum atomic E-state index is -3.26. The molecule has 0 radical (unpaired) electrons. The van der Waals surface area contributed by atoms with Gasteiger partial charge in [-0.2, -0.15) is 4.98 Å². The third-order valence-corrected chi connectivity index (χ3v) is 7.23. The number of nitrogens with one attached hydrogen (secondary N) is 3. The Morgan fingerprint density at radius 3 is 2.79 bits per heavy atom. The number of aromatic nitrogens is 2. The molecule has 1 fully saturated rings. The molecular formula is C24H36N6O3S. The second kappa shape index (κ2) is 11.4. The van der Waals surface area contributed by atoms with Gasteiger partial charge in [0, 0.05) is 50.7 Å². The highest BCUT2D eigenvalue weighted by molar-refractivity contribution is 7.88. The van der Waals surface area contributed by atoms with Gasteiger partial charge >= 0.3 is 0 Å². The van der Waals surface area contributed by atoms with E-state index in [-0.39, 0.29) is 12.1 Å². The number of fused-ring (bicyclic) bond motifs is 1. The van der Waals surface area contributed by atoms with E-state index in [1.54, 1.807) is 13.3 Å². The third kappa shape index (κ3) is 7.11. The van der Waals surface area contributed by atoms with Crippen LogP contribution in [0.3, 0.4) is 0 Å². The van der Waals surface area contributed by atoms with Crippen molar-refractivity contribution in [3.63, 3.8) is 0 Å². The zero-order valence-electron chi connectivity index (χ0n) is 20.1. The molecule has 10 heteroatoms. The molecule has 1 aromatic heterocycles. The summed E-state index contributed by atoms with van der Waals surface area (Å²) in [4.78, 5) is 11.5. The van der Waals surface area contributed by atoms with Crippen molar-refractivity contribution in [2.24, 2.45) is 0 Å². The molecule has 0 bridgehead atoms. The Balaban J connectivity index is 1.41. The van der Waals surface area contributed by atoms with Gasteiger partial charge in [0.1, 0.15) is 5.82 Å². The van der Waals surface area contributed by atoms with Gasteiger partial charge in [0.2, 0.25) is 16.0 Å². The maximum Gasteiger partial charge on any atom is 0.229 e. The highest BCUT2D eigenvalue weighted by atomic mass is 32.2. The van der Waals surface area contributed by atoms with Crippen molar-refractivity contribution < 1.29 is 13.2 Å². The first-order chi connectivity index (χ1) is 16.4. The lowest BCUT2D eigenvalue weighted by Gasteiger charge is -2.32. The fourth-order valence-corrected chi connectivity index (χ4v) is 5.66. The van der Waals surface area contributed by atoms with Crippen molar-refractivity contribution >= 4 is 21.8 Å². The van der Waals surface area contributed by atoms with Gasteiger partial charge in [0.05, 0.1) is 12.9 Å². The van der Waals surface area contributed by atoms with Crippen LogP contribution >= 0.6 is 0 Å². The first-order valence-electron chi connectivity index (χ1n) is 12.0. The minimum Gasteiger partial charge on any atom is -0.383 e. The number of hydrogen-bond acceptors (Lipinski definition) is 8. The molecule has 9 nitrogen and oxygen atoms in total. The Hall–Kier alpha value is -2.27. The van der Waals surface area contributed by atoms with Crippen LogP contribution in [0.4, 0.5) is 11.8 Å². The molecule has 3 N–H and O–H groups in total. The molecular weight excluding hydrogens is 452 g/mol. The molecule has 1 aromatic rings. The average molecular weight is 489 g/mol. The van der Waals surface area contributed by atoms with Crippen LogP contribution in [-0.2, 0) is 14.8 Å². The summed E-state index contributed by atoms with van der Waals surface area (Å²) in [6.07, 6.45) is 15.4. The second-order valence-electron chi connectivity index (χ2n) is 9.24. The fourth-order valence-electron chi connectivity index (χ4n) is 4.83. The second-order valence-corrected chi connectivity index (χ2v) is 11.0. The van der Waals surface area contributed by atoms with Gasteiger partial charge in [-0.15, -0.1) is 0 Å². The number of allylic oxidation sites excluding steroid dienone is 2. The Bertz CT molecular complexity index is 1050. The van der Waals surface area contributed by atoms with Gasteiger partial charge < -0.3 is 15.4 Å². The predicted octanol–water partition coefficient (Wildman–Crippen LogP) is 2.65. The average Bonchev–Trinajstić information content (AvgIpc) is 3.00. The van der Waals surface area contributed by atoms with Gasteiger partial charge in [-0.3, -0.25) is 4.90 Å². The van der Waals surface area contributed by atoms with Gasteiger partial charge in [-0.1, -0.05) is 25.0 Å². The van der Waals surface area contributed by atoms with E-state index in [1.165, 1.54) is 17.4 Å². The minimum absolute atomic E-state index is 0.000920. The summed E-state index contributed by atoms with van der Waals surface area (Å²) in [6.45, 7) is 3.61. The molecule has 2 aliphatic carbocycles. The molecule has 1 saturated carbocycles. The van der Waals surface area contributed by atoms with Crippen LogP contribution in [0.15, 0.2) is 47.3 Å². The van der Waals surface area contributed by atoms with Crippen molar-refractivity contribution in [3.05, 3.63) is 47.3 Å². The lowest BCUT2D eigenvalue weighted by atomic mass is 9.91. The van der Waals surface area contributed by atoms with Crippen molar-refractivity contribution in [1.82, 2.24) is 19.6 Å². The highest BCUT2D eigenvalue weighted by Crippen LogP contribution is 2.28. The van der Waals surface area contributed by atoms with Crippen LogP contribution in [0.25, 0.3) is 0 Å². The number of rotatable bonds is 9. The number of methoxy groups -OCH3 is 1. The standard InChI is InChI=1S/C24H36N6O3S/c1-33-15-14-30-13-5-6-18-9-10-20(16-19(18)17-30)26-24-25-12-11-23(28-24)27-21-7-3-4-8-22(21)29-34(2,31)32/h6,10-12,16,21-22,29H,3-5,7-9,13-15,17H2,1-2H3,(H2,25,26,27,28)/t21-,22-/m1/s1. The third-order valence-electron chi connectivity index (χ3n) is 6.50. The van der Waals surface area contributed by atoms with E-state index in [4.69, 9.17) is 4.74 Å². The number of hydrogen-bond donors (Lipinski definition) is 3. The van der Waals surface area contributed by atoms with E-state index in [0.717, 1.165) is 70.5 Å². The van der Waals surface area contributed by atoms with E-state index >= 15 is 0 Å². The SMILES string of the molecule is COCCN1CCC=C2CC=C(Nc3nccc(N[C@@H]4CCCC[C@H]4NS(C)(=O)=O)n3)C=C2C1. The summed E-state index contributed by atoms with van der Waals surface area (Å²) in [7, 11) is -1.52. The van der Waals surface area contributed by atoms with Crippen molar-refractivity contribution in [3.8, 4) is 0 Å². The molecule has 1 aliphatic heterocycles. The molecule has 0 unspecified atom stereocenters. The molecule has 186 valence electrons. The topological polar surface area (TPSA) is 108 Å². The van der Waals surface area contributed by atoms with Crippen LogP contribution < -0.4 is 15.4 Å². The number of ether oxygens (including phenoxy) is 1. The summed E-state index contributed by atoms with van der Waals surface area (Å²) in [5.41, 5.74) is 3.71. The largest absolute Gasteiger partial charge is 0.383 e. The molecule has 2 heterocycles. The van der Waals surface area contributed by atoms with Crippen LogP contribution in [-0.4, -0.2) is 75.0 Å². The summed E-state index contributed by atoms with van der Waals surface area (Å²) < 4.78 is 31.6. The zero-order chi connectivity index (χ0) is 24.0. The first-order valence-corrected chi connectivity index (χ1v) is 13.9. The van der Waals surface area contributed by atoms with Crippen LogP contribution in [0.5, 0.6) is 0 Å². The van der Waals surface area contributed by atoms with Crippen molar-refractivity contribution in [1.29, 1.82) is 0 Å². The van der Waals surface area contributed by atoms with Crippen molar-refractivity contribution in [2.45, 2.75) is 50.6 Å². The first kappa shape index (κ1) is 24.8. The number of sulfonamides is 1. The smallest absolute Gasteiger partial charge is 0.229 e. The lowest BCUT2D eigenvalue weighted by Crippen LogP contribution is -2.48. The molecule has 0 amide bonds. The Kier molecular flexibility index (Phi) is 8.36. The summed E-state index contributed by atoms with van der Waals surface area (Å²) in [6, 6.07) is 1.69. The van der Waals surface area contributed by atoms with Gasteiger partial charge in [0.15, 0.2) is 0 Å². The molecule has 0 spiro atoms. The maximum absolute atomic E-state index is 11.8. The van der Waals surface area contributed by atoms with Crippen LogP contribution in [0, 0.1) is 0 Å². The molecule has 0 aromatic carbocycles. The predicted molar refractivity (Wildman–Crippen MR) is 135 cm³/mol. The summed E-state index contributed by atoms with van der Waals surface area (Å²) in [5.74, 6) is 1.21. The van der Waals surface area contributed by atoms with E-state index < -0.39 is 10.0 Å². The number of nitrogens with zero attached hydrogens (tertiary/aromatic N) is 3. The van der Waals surface area contributed by atoms with Gasteiger partial charge in [-0.05, 0) is 49.0 Å². The number of anilines is 2. The summed E-state index contributed by atoms with van der Waals surface area (Å²) in [5, 5.41) is 6.79. The molecule has 0 saturated heterocycles. The van der Waals surface area contributed by atoms with Gasteiger partial charge in [0.25, 0.3) is 0 Å². The Morgan fingerprint density at radius 2 is 2.00 bits per heavy atom. The quantitative estimate of drug-likeness (QED) is 0.487. The highest BCUT2D eigenvalue weighted by Gasteiger charge is 2.27. The van der Waals surface area contributed by atoms with E-state index in [9.17, 15) is 8.42 Å². The molecule has 4 rings (SSSR count). The van der Waals surface area contributed by atoms with Gasteiger partial charge in [-0.25, -0.2) is 18.1 Å². The Labute approximate surface area is 202 Å². The van der Waals surface area contributed by atoms with Crippen LogP contribution in [0.2, 0.25) is 0 Å². The zero-order valence-corrected chi connectivity index (χ0v) is 20.9. The molecule has 3 aliphatic rings.